The number of nitrogens with one attached hydrogen (secondary N) is 1. The highest BCUT2D eigenvalue weighted by molar-refractivity contribution is 5.77. The third-order valence-electron chi connectivity index (χ3n) is 11.6. The second-order valence-corrected chi connectivity index (χ2v) is 17.2. The van der Waals surface area contributed by atoms with E-state index in [1.165, 1.54) is 173 Å². The van der Waals surface area contributed by atoms with Crippen LogP contribution >= 0.6 is 0 Å². The van der Waals surface area contributed by atoms with E-state index in [1.54, 1.807) is 0 Å². The average molecular weight is 792 g/mol. The van der Waals surface area contributed by atoms with Crippen molar-refractivity contribution in [2.75, 3.05) is 6.61 Å². The van der Waals surface area contributed by atoms with Crippen LogP contribution in [0.15, 0.2) is 12.2 Å². The molecule has 56 heavy (non-hydrogen) atoms. The van der Waals surface area contributed by atoms with E-state index in [1.807, 2.05) is 0 Å². The van der Waals surface area contributed by atoms with Crippen molar-refractivity contribution < 1.29 is 24.5 Å². The molecule has 0 aliphatic heterocycles. The van der Waals surface area contributed by atoms with Gasteiger partial charge in [-0.3, -0.25) is 9.59 Å². The predicted octanol–water partition coefficient (Wildman–Crippen LogP) is 14.6. The van der Waals surface area contributed by atoms with Crippen LogP contribution in [0.5, 0.6) is 0 Å². The molecule has 3 N–H and O–H groups in total. The van der Waals surface area contributed by atoms with Gasteiger partial charge < -0.3 is 20.3 Å². The molecule has 332 valence electrons. The van der Waals surface area contributed by atoms with Gasteiger partial charge in [0.05, 0.1) is 25.2 Å². The lowest BCUT2D eigenvalue weighted by Crippen LogP contribution is -2.46. The maximum absolute atomic E-state index is 13.2. The molecule has 0 aromatic carbocycles. The first-order chi connectivity index (χ1) is 27.5. The van der Waals surface area contributed by atoms with Crippen LogP contribution in [-0.4, -0.2) is 46.9 Å². The first-order valence-electron chi connectivity index (χ1n) is 24.9. The van der Waals surface area contributed by atoms with Crippen LogP contribution in [-0.2, 0) is 14.3 Å². The van der Waals surface area contributed by atoms with Crippen molar-refractivity contribution in [2.24, 2.45) is 0 Å². The Labute approximate surface area is 349 Å². The maximum atomic E-state index is 13.2. The average Bonchev–Trinajstić information content (AvgIpc) is 3.19. The smallest absolute Gasteiger partial charge is 0.306 e. The summed E-state index contributed by atoms with van der Waals surface area (Å²) in [7, 11) is 0. The monoisotopic (exact) mass is 792 g/mol. The van der Waals surface area contributed by atoms with E-state index >= 15 is 0 Å². The lowest BCUT2D eigenvalue weighted by molar-refractivity contribution is -0.151. The number of rotatable bonds is 45. The molecule has 0 saturated carbocycles. The van der Waals surface area contributed by atoms with E-state index in [4.69, 9.17) is 4.74 Å². The molecule has 0 aromatic heterocycles. The quantitative estimate of drug-likeness (QED) is 0.0324. The van der Waals surface area contributed by atoms with Crippen molar-refractivity contribution in [3.63, 3.8) is 0 Å². The van der Waals surface area contributed by atoms with Crippen LogP contribution in [0.4, 0.5) is 0 Å². The number of esters is 1. The minimum Gasteiger partial charge on any atom is -0.462 e. The maximum Gasteiger partial charge on any atom is 0.306 e. The number of carbonyl (C=O) groups is 2. The Morgan fingerprint density at radius 3 is 1.30 bits per heavy atom. The van der Waals surface area contributed by atoms with Gasteiger partial charge in [0.2, 0.25) is 5.91 Å². The summed E-state index contributed by atoms with van der Waals surface area (Å²) in [6, 6.07) is -0.695. The molecule has 3 atom stereocenters. The van der Waals surface area contributed by atoms with Gasteiger partial charge in [-0.05, 0) is 51.4 Å². The number of allylic oxidation sites excluding steroid dienone is 2. The number of amides is 1. The van der Waals surface area contributed by atoms with Crippen molar-refractivity contribution in [1.82, 2.24) is 5.32 Å². The van der Waals surface area contributed by atoms with Crippen LogP contribution < -0.4 is 5.32 Å². The number of aliphatic hydroxyl groups excluding tert-OH is 2. The van der Waals surface area contributed by atoms with Crippen LogP contribution in [0.3, 0.4) is 0 Å². The Kier molecular flexibility index (Phi) is 43.6. The molecular weight excluding hydrogens is 695 g/mol. The third-order valence-corrected chi connectivity index (χ3v) is 11.6. The number of unbranched alkanes of at least 4 members (excludes halogenated alkanes) is 31. The third kappa shape index (κ3) is 39.4. The molecule has 0 rings (SSSR count). The summed E-state index contributed by atoms with van der Waals surface area (Å²) in [5.74, 6) is -0.471. The van der Waals surface area contributed by atoms with Gasteiger partial charge in [0.15, 0.2) is 0 Å². The summed E-state index contributed by atoms with van der Waals surface area (Å²) in [4.78, 5) is 26.0. The lowest BCUT2D eigenvalue weighted by atomic mass is 10.0. The molecule has 0 aliphatic rings. The number of ether oxygens (including phenoxy) is 1. The van der Waals surface area contributed by atoms with E-state index in [9.17, 15) is 19.8 Å². The molecule has 0 spiro atoms. The molecule has 6 heteroatoms. The molecule has 0 saturated heterocycles. The minimum absolute atomic E-state index is 0.0809. The zero-order valence-electron chi connectivity index (χ0n) is 37.8. The van der Waals surface area contributed by atoms with Crippen LogP contribution in [0.2, 0.25) is 0 Å². The highest BCUT2D eigenvalue weighted by Crippen LogP contribution is 2.18. The molecular formula is C50H97NO5. The van der Waals surface area contributed by atoms with E-state index in [0.29, 0.717) is 19.3 Å². The molecule has 6 nitrogen and oxygen atoms in total. The van der Waals surface area contributed by atoms with E-state index in [-0.39, 0.29) is 24.9 Å². The molecule has 0 aromatic rings. The number of aliphatic hydroxyl groups is 2. The predicted molar refractivity (Wildman–Crippen MR) is 241 cm³/mol. The Bertz CT molecular complexity index is 847. The van der Waals surface area contributed by atoms with Crippen LogP contribution in [0.1, 0.15) is 271 Å². The summed E-state index contributed by atoms with van der Waals surface area (Å²) >= 11 is 0. The molecule has 0 heterocycles. The van der Waals surface area contributed by atoms with Crippen molar-refractivity contribution >= 4 is 11.9 Å². The summed E-state index contributed by atoms with van der Waals surface area (Å²) in [5, 5.41) is 23.7. The van der Waals surface area contributed by atoms with Gasteiger partial charge >= 0.3 is 5.97 Å². The van der Waals surface area contributed by atoms with Gasteiger partial charge in [0.25, 0.3) is 0 Å². The molecule has 0 fully saturated rings. The Balaban J connectivity index is 4.51. The lowest BCUT2D eigenvalue weighted by Gasteiger charge is -2.24. The highest BCUT2D eigenvalue weighted by atomic mass is 16.5. The Morgan fingerprint density at radius 2 is 0.857 bits per heavy atom. The Hall–Kier alpha value is -1.40. The number of hydrogen-bond acceptors (Lipinski definition) is 5. The van der Waals surface area contributed by atoms with Crippen molar-refractivity contribution in [1.29, 1.82) is 0 Å². The van der Waals surface area contributed by atoms with Gasteiger partial charge in [0, 0.05) is 6.42 Å². The summed E-state index contributed by atoms with van der Waals surface area (Å²) in [5.41, 5.74) is 0. The van der Waals surface area contributed by atoms with E-state index in [2.05, 4.69) is 38.2 Å². The fourth-order valence-electron chi connectivity index (χ4n) is 7.78. The van der Waals surface area contributed by atoms with Crippen molar-refractivity contribution in [3.05, 3.63) is 12.2 Å². The fourth-order valence-corrected chi connectivity index (χ4v) is 7.78. The first-order valence-corrected chi connectivity index (χ1v) is 24.9. The number of hydrogen-bond donors (Lipinski definition) is 3. The van der Waals surface area contributed by atoms with Gasteiger partial charge in [0.1, 0.15) is 6.10 Å². The fraction of sp³-hybridized carbons (Fsp3) is 0.920. The highest BCUT2D eigenvalue weighted by Gasteiger charge is 2.24. The molecule has 0 bridgehead atoms. The van der Waals surface area contributed by atoms with Crippen LogP contribution in [0.25, 0.3) is 0 Å². The molecule has 0 radical (unpaired) electrons. The SMILES string of the molecule is CCCCC/C=C\CCCCCCCC(=O)OC(CCCCCCCCCCCCC)CC(=O)NC(CO)C(O)CCCCCCCCCCCCCCCC. The summed E-state index contributed by atoms with van der Waals surface area (Å²) in [6.45, 7) is 6.47. The second-order valence-electron chi connectivity index (χ2n) is 17.2. The van der Waals surface area contributed by atoms with E-state index < -0.39 is 18.2 Å². The van der Waals surface area contributed by atoms with Gasteiger partial charge in [-0.15, -0.1) is 0 Å². The minimum atomic E-state index is -0.782. The van der Waals surface area contributed by atoms with Gasteiger partial charge in [-0.1, -0.05) is 219 Å². The molecule has 1 amide bonds. The van der Waals surface area contributed by atoms with Crippen LogP contribution in [0, 0.1) is 0 Å². The second kappa shape index (κ2) is 44.7. The largest absolute Gasteiger partial charge is 0.462 e. The van der Waals surface area contributed by atoms with Gasteiger partial charge in [-0.25, -0.2) is 0 Å². The number of carbonyl (C=O) groups excluding carboxylic acids is 2. The first kappa shape index (κ1) is 54.6. The van der Waals surface area contributed by atoms with E-state index in [0.717, 1.165) is 51.4 Å². The molecule has 0 aliphatic carbocycles. The normalized spacial score (nSPS) is 13.3. The summed E-state index contributed by atoms with van der Waals surface area (Å²) in [6.07, 6.45) is 48.4. The van der Waals surface area contributed by atoms with Crippen molar-refractivity contribution in [2.45, 2.75) is 289 Å². The zero-order chi connectivity index (χ0) is 41.0. The zero-order valence-corrected chi connectivity index (χ0v) is 37.8. The topological polar surface area (TPSA) is 95.9 Å². The Morgan fingerprint density at radius 1 is 0.500 bits per heavy atom. The summed E-state index contributed by atoms with van der Waals surface area (Å²) < 4.78 is 5.91. The molecule has 3 unspecified atom stereocenters. The van der Waals surface area contributed by atoms with Gasteiger partial charge in [-0.2, -0.15) is 0 Å². The van der Waals surface area contributed by atoms with Crippen molar-refractivity contribution in [3.8, 4) is 0 Å². The standard InChI is InChI=1S/C50H97NO5/c1-4-7-10-13-16-19-22-24-25-27-30-33-36-39-42-48(53)47(45-52)51-49(54)44-46(41-38-35-32-29-26-21-18-15-12-9-6-3)56-50(55)43-40-37-34-31-28-23-20-17-14-11-8-5-2/h17,20,46-48,52-53H,4-16,18-19,21-45H2,1-3H3,(H,51,54)/b20-17-.